The molecule has 0 saturated carbocycles. The third kappa shape index (κ3) is 13.3. The van der Waals surface area contributed by atoms with Gasteiger partial charge >= 0.3 is 11.9 Å². The van der Waals surface area contributed by atoms with E-state index in [-0.39, 0.29) is 19.0 Å². The number of unbranched alkanes of at least 4 members (excludes halogenated alkanes) is 7. The lowest BCUT2D eigenvalue weighted by atomic mass is 10.1. The Kier molecular flexibility index (Phi) is 14.7. The zero-order valence-corrected chi connectivity index (χ0v) is 17.9. The van der Waals surface area contributed by atoms with Crippen LogP contribution < -0.4 is 0 Å². The fourth-order valence-electron chi connectivity index (χ4n) is 2.79. The molecule has 0 aromatic heterocycles. The number of methoxy groups -OCH3 is 2. The van der Waals surface area contributed by atoms with Crippen LogP contribution in [0.25, 0.3) is 0 Å². The first kappa shape index (κ1) is 25.1. The maximum Gasteiger partial charge on any atom is 0.309 e. The summed E-state index contributed by atoms with van der Waals surface area (Å²) in [7, 11) is -0.322. The number of esters is 2. The van der Waals surface area contributed by atoms with Gasteiger partial charge in [-0.25, -0.2) is 0 Å². The predicted octanol–water partition coefficient (Wildman–Crippen LogP) is 4.79. The highest BCUT2D eigenvalue weighted by Crippen LogP contribution is 2.45. The summed E-state index contributed by atoms with van der Waals surface area (Å²) in [6.45, 7) is 4.19. The molecule has 0 aromatic rings. The van der Waals surface area contributed by atoms with Crippen LogP contribution >= 0.6 is 7.37 Å². The molecule has 0 saturated heterocycles. The summed E-state index contributed by atoms with van der Waals surface area (Å²) in [5.41, 5.74) is 0. The molecule has 2 atom stereocenters. The molecule has 7 heteroatoms. The first-order valence-corrected chi connectivity index (χ1v) is 12.0. The van der Waals surface area contributed by atoms with Crippen molar-refractivity contribution in [3.8, 4) is 0 Å². The van der Waals surface area contributed by atoms with Gasteiger partial charge in [0.2, 0.25) is 7.37 Å². The molecule has 0 aliphatic carbocycles. The van der Waals surface area contributed by atoms with E-state index < -0.39 is 25.2 Å². The third-order valence-electron chi connectivity index (χ3n) is 4.37. The van der Waals surface area contributed by atoms with Crippen LogP contribution in [0.15, 0.2) is 0 Å². The second-order valence-electron chi connectivity index (χ2n) is 6.84. The minimum atomic E-state index is -2.91. The standard InChI is InChI=1S/C19H37O6P/c1-5-6-7-8-9-10-11-12-15-25-26(4,22)16-17(19(21)24-3)13-14-18(20)23-2/h17H,5-16H2,1-4H3. The number of ether oxygens (including phenoxy) is 2. The van der Waals surface area contributed by atoms with Gasteiger partial charge in [0.05, 0.1) is 26.7 Å². The summed E-state index contributed by atoms with van der Waals surface area (Å²) in [4.78, 5) is 23.1. The van der Waals surface area contributed by atoms with Crippen molar-refractivity contribution >= 4 is 19.3 Å². The van der Waals surface area contributed by atoms with Crippen molar-refractivity contribution < 1.29 is 28.2 Å². The Morgan fingerprint density at radius 2 is 1.50 bits per heavy atom. The Bertz CT molecular complexity index is 438. The summed E-state index contributed by atoms with van der Waals surface area (Å²) in [6.07, 6.45) is 9.92. The van der Waals surface area contributed by atoms with Crippen LogP contribution in [0.2, 0.25) is 0 Å². The zero-order valence-electron chi connectivity index (χ0n) is 17.0. The van der Waals surface area contributed by atoms with E-state index in [0.717, 1.165) is 12.8 Å². The van der Waals surface area contributed by atoms with E-state index in [1.54, 1.807) is 6.66 Å². The Labute approximate surface area is 158 Å². The molecule has 0 aliphatic heterocycles. The predicted molar refractivity (Wildman–Crippen MR) is 104 cm³/mol. The normalized spacial score (nSPS) is 14.5. The topological polar surface area (TPSA) is 78.9 Å². The van der Waals surface area contributed by atoms with Crippen LogP contribution in [0.1, 0.15) is 71.1 Å². The van der Waals surface area contributed by atoms with Gasteiger partial charge in [-0.1, -0.05) is 51.9 Å². The lowest BCUT2D eigenvalue weighted by Gasteiger charge is -2.19. The van der Waals surface area contributed by atoms with E-state index in [9.17, 15) is 14.2 Å². The van der Waals surface area contributed by atoms with Crippen molar-refractivity contribution in [2.45, 2.75) is 71.1 Å². The highest BCUT2D eigenvalue weighted by molar-refractivity contribution is 7.58. The van der Waals surface area contributed by atoms with E-state index in [1.807, 2.05) is 0 Å². The molecule has 0 radical (unpaired) electrons. The van der Waals surface area contributed by atoms with Crippen molar-refractivity contribution in [3.05, 3.63) is 0 Å². The first-order valence-electron chi connectivity index (χ1n) is 9.72. The molecule has 0 heterocycles. The Hall–Kier alpha value is -0.870. The van der Waals surface area contributed by atoms with Gasteiger partial charge in [0, 0.05) is 19.2 Å². The van der Waals surface area contributed by atoms with Crippen molar-refractivity contribution in [2.75, 3.05) is 33.7 Å². The quantitative estimate of drug-likeness (QED) is 0.213. The minimum Gasteiger partial charge on any atom is -0.469 e. The van der Waals surface area contributed by atoms with Gasteiger partial charge in [0.15, 0.2) is 0 Å². The maximum absolute atomic E-state index is 12.6. The van der Waals surface area contributed by atoms with Crippen LogP contribution in [0.4, 0.5) is 0 Å². The number of hydrogen-bond acceptors (Lipinski definition) is 6. The summed E-state index contributed by atoms with van der Waals surface area (Å²) in [5, 5.41) is 0. The van der Waals surface area contributed by atoms with Gasteiger partial charge in [0.25, 0.3) is 0 Å². The summed E-state index contributed by atoms with van der Waals surface area (Å²) < 4.78 is 27.5. The van der Waals surface area contributed by atoms with Gasteiger partial charge in [-0.2, -0.15) is 0 Å². The third-order valence-corrected chi connectivity index (χ3v) is 6.21. The molecule has 26 heavy (non-hydrogen) atoms. The molecule has 2 unspecified atom stereocenters. The van der Waals surface area contributed by atoms with Gasteiger partial charge in [-0.3, -0.25) is 14.2 Å². The number of carbonyl (C=O) groups is 2. The van der Waals surface area contributed by atoms with Crippen LogP contribution in [0.5, 0.6) is 0 Å². The van der Waals surface area contributed by atoms with Crippen molar-refractivity contribution in [2.24, 2.45) is 5.92 Å². The molecule has 0 spiro atoms. The van der Waals surface area contributed by atoms with Crippen molar-refractivity contribution in [1.29, 1.82) is 0 Å². The number of rotatable bonds is 16. The molecule has 6 nitrogen and oxygen atoms in total. The monoisotopic (exact) mass is 392 g/mol. The molecule has 0 rings (SSSR count). The van der Waals surface area contributed by atoms with Gasteiger partial charge in [-0.05, 0) is 12.8 Å². The molecular weight excluding hydrogens is 355 g/mol. The summed E-state index contributed by atoms with van der Waals surface area (Å²) in [6, 6.07) is 0. The highest BCUT2D eigenvalue weighted by atomic mass is 31.2. The molecule has 0 fully saturated rings. The largest absolute Gasteiger partial charge is 0.469 e. The number of hydrogen-bond donors (Lipinski definition) is 0. The molecule has 154 valence electrons. The molecular formula is C19H37O6P. The zero-order chi connectivity index (χ0) is 19.8. The average Bonchev–Trinajstić information content (AvgIpc) is 2.62. The first-order chi connectivity index (χ1) is 12.4. The second-order valence-corrected chi connectivity index (χ2v) is 9.49. The molecule has 0 aromatic carbocycles. The summed E-state index contributed by atoms with van der Waals surface area (Å²) in [5.74, 6) is -1.48. The highest BCUT2D eigenvalue weighted by Gasteiger charge is 2.29. The van der Waals surface area contributed by atoms with Gasteiger partial charge in [0.1, 0.15) is 0 Å². The van der Waals surface area contributed by atoms with Crippen molar-refractivity contribution in [1.82, 2.24) is 0 Å². The second kappa shape index (κ2) is 15.2. The van der Waals surface area contributed by atoms with E-state index in [2.05, 4.69) is 11.7 Å². The van der Waals surface area contributed by atoms with Crippen LogP contribution in [0, 0.1) is 5.92 Å². The molecule has 0 bridgehead atoms. The number of carbonyl (C=O) groups excluding carboxylic acids is 2. The van der Waals surface area contributed by atoms with Crippen LogP contribution in [-0.2, 0) is 28.2 Å². The van der Waals surface area contributed by atoms with E-state index in [1.165, 1.54) is 52.7 Å². The van der Waals surface area contributed by atoms with E-state index in [0.29, 0.717) is 6.61 Å². The minimum absolute atomic E-state index is 0.0910. The lowest BCUT2D eigenvalue weighted by molar-refractivity contribution is -0.146. The smallest absolute Gasteiger partial charge is 0.309 e. The van der Waals surface area contributed by atoms with Crippen molar-refractivity contribution in [3.63, 3.8) is 0 Å². The van der Waals surface area contributed by atoms with E-state index in [4.69, 9.17) is 9.26 Å². The average molecular weight is 392 g/mol. The fraction of sp³-hybridized carbons (Fsp3) is 0.895. The Morgan fingerprint density at radius 3 is 2.04 bits per heavy atom. The van der Waals surface area contributed by atoms with E-state index >= 15 is 0 Å². The SMILES string of the molecule is CCCCCCCCCCOP(C)(=O)CC(CCC(=O)OC)C(=O)OC. The Balaban J connectivity index is 4.11. The Morgan fingerprint density at radius 1 is 0.923 bits per heavy atom. The molecule has 0 aliphatic rings. The molecule has 0 amide bonds. The van der Waals surface area contributed by atoms with Gasteiger partial charge in [-0.15, -0.1) is 0 Å². The summed E-state index contributed by atoms with van der Waals surface area (Å²) >= 11 is 0. The van der Waals surface area contributed by atoms with Gasteiger partial charge < -0.3 is 14.0 Å². The lowest BCUT2D eigenvalue weighted by Crippen LogP contribution is -2.22. The van der Waals surface area contributed by atoms with Crippen LogP contribution in [0.3, 0.4) is 0 Å². The maximum atomic E-state index is 12.6. The fourth-order valence-corrected chi connectivity index (χ4v) is 4.54. The van der Waals surface area contributed by atoms with Crippen LogP contribution in [-0.4, -0.2) is 45.6 Å². The molecule has 0 N–H and O–H groups in total.